The van der Waals surface area contributed by atoms with Crippen LogP contribution < -0.4 is 5.32 Å². The zero-order chi connectivity index (χ0) is 14.0. The third-order valence-electron chi connectivity index (χ3n) is 5.03. The molecule has 20 heavy (non-hydrogen) atoms. The van der Waals surface area contributed by atoms with Crippen molar-refractivity contribution in [1.29, 1.82) is 0 Å². The third kappa shape index (κ3) is 2.66. The Balaban J connectivity index is 1.93. The van der Waals surface area contributed by atoms with E-state index in [4.69, 9.17) is 11.6 Å². The van der Waals surface area contributed by atoms with Crippen LogP contribution in [0.3, 0.4) is 0 Å². The van der Waals surface area contributed by atoms with Gasteiger partial charge >= 0.3 is 0 Å². The van der Waals surface area contributed by atoms with Gasteiger partial charge in [-0.15, -0.1) is 11.3 Å². The van der Waals surface area contributed by atoms with Gasteiger partial charge in [0.15, 0.2) is 0 Å². The molecular formula is C16H25ClN2S. The Bertz CT molecular complexity index is 433. The fraction of sp³-hybridized carbons (Fsp3) is 0.750. The molecule has 2 nitrogen and oxygen atoms in total. The molecule has 0 aromatic carbocycles. The van der Waals surface area contributed by atoms with Crippen LogP contribution in [0.1, 0.15) is 56.4 Å². The van der Waals surface area contributed by atoms with E-state index in [1.165, 1.54) is 56.5 Å². The number of nitrogens with zero attached hydrogens (tertiary/aromatic N) is 1. The largest absolute Gasteiger partial charge is 0.308 e. The van der Waals surface area contributed by atoms with Crippen molar-refractivity contribution in [2.45, 2.75) is 57.0 Å². The van der Waals surface area contributed by atoms with Crippen LogP contribution in [-0.2, 0) is 0 Å². The number of halogens is 1. The van der Waals surface area contributed by atoms with E-state index in [0.29, 0.717) is 11.6 Å². The second kappa shape index (κ2) is 6.35. The predicted octanol–water partition coefficient (Wildman–Crippen LogP) is 4.46. The highest BCUT2D eigenvalue weighted by Gasteiger charge is 2.47. The lowest BCUT2D eigenvalue weighted by Gasteiger charge is -2.45. The number of likely N-dealkylation sites (N-methyl/N-ethyl adjacent to an activating group) is 1. The van der Waals surface area contributed by atoms with Gasteiger partial charge in [-0.25, -0.2) is 0 Å². The Morgan fingerprint density at radius 2 is 1.95 bits per heavy atom. The smallest absolute Gasteiger partial charge is 0.0931 e. The van der Waals surface area contributed by atoms with Crippen LogP contribution in [0.2, 0.25) is 4.34 Å². The first kappa shape index (κ1) is 14.8. The number of hydrogen-bond donors (Lipinski definition) is 1. The van der Waals surface area contributed by atoms with Crippen molar-refractivity contribution in [1.82, 2.24) is 10.2 Å². The van der Waals surface area contributed by atoms with Crippen molar-refractivity contribution in [3.05, 3.63) is 21.3 Å². The standard InChI is InChI=1S/C16H25ClN2S/c1-2-18-15(13-7-8-14(17)20-13)16(9-3-4-10-16)19-11-5-6-12-19/h7-8,15,18H,2-6,9-12H2,1H3. The normalized spacial score (nSPS) is 24.3. The van der Waals surface area contributed by atoms with Gasteiger partial charge in [0.2, 0.25) is 0 Å². The molecule has 1 unspecified atom stereocenters. The first-order valence-corrected chi connectivity index (χ1v) is 9.19. The molecule has 1 N–H and O–H groups in total. The number of rotatable bonds is 5. The fourth-order valence-corrected chi connectivity index (χ4v) is 5.43. The zero-order valence-corrected chi connectivity index (χ0v) is 13.9. The SMILES string of the molecule is CCNC(c1ccc(Cl)s1)C1(N2CCCC2)CCCC1. The van der Waals surface area contributed by atoms with Crippen LogP contribution in [-0.4, -0.2) is 30.1 Å². The lowest BCUT2D eigenvalue weighted by molar-refractivity contribution is 0.0784. The minimum atomic E-state index is 0.334. The Morgan fingerprint density at radius 3 is 2.50 bits per heavy atom. The minimum Gasteiger partial charge on any atom is -0.308 e. The highest BCUT2D eigenvalue weighted by molar-refractivity contribution is 7.16. The molecule has 1 saturated carbocycles. The molecule has 1 aliphatic carbocycles. The average Bonchev–Trinajstić information content (AvgIpc) is 3.17. The molecule has 1 aliphatic heterocycles. The summed E-state index contributed by atoms with van der Waals surface area (Å²) >= 11 is 7.95. The average molecular weight is 313 g/mol. The summed E-state index contributed by atoms with van der Waals surface area (Å²) in [5, 5.41) is 3.78. The summed E-state index contributed by atoms with van der Waals surface area (Å²) in [6.45, 7) is 5.80. The molecular weight excluding hydrogens is 288 g/mol. The molecule has 4 heteroatoms. The van der Waals surface area contributed by atoms with E-state index in [1.807, 2.05) is 0 Å². The maximum absolute atomic E-state index is 6.19. The molecule has 0 radical (unpaired) electrons. The van der Waals surface area contributed by atoms with E-state index in [9.17, 15) is 0 Å². The molecule has 1 aromatic heterocycles. The molecule has 3 rings (SSSR count). The van der Waals surface area contributed by atoms with Crippen molar-refractivity contribution in [3.8, 4) is 0 Å². The van der Waals surface area contributed by atoms with E-state index in [1.54, 1.807) is 11.3 Å². The van der Waals surface area contributed by atoms with Crippen LogP contribution >= 0.6 is 22.9 Å². The molecule has 0 spiro atoms. The Kier molecular flexibility index (Phi) is 4.71. The third-order valence-corrected chi connectivity index (χ3v) is 6.33. The summed E-state index contributed by atoms with van der Waals surface area (Å²) in [6.07, 6.45) is 8.15. The van der Waals surface area contributed by atoms with Gasteiger partial charge in [-0.2, -0.15) is 0 Å². The Morgan fingerprint density at radius 1 is 1.25 bits per heavy atom. The monoisotopic (exact) mass is 312 g/mol. The van der Waals surface area contributed by atoms with E-state index in [0.717, 1.165) is 10.9 Å². The van der Waals surface area contributed by atoms with E-state index < -0.39 is 0 Å². The first-order valence-electron chi connectivity index (χ1n) is 8.00. The van der Waals surface area contributed by atoms with Gasteiger partial charge < -0.3 is 5.32 Å². The van der Waals surface area contributed by atoms with Crippen molar-refractivity contribution < 1.29 is 0 Å². The molecule has 112 valence electrons. The molecule has 1 atom stereocenters. The molecule has 0 bridgehead atoms. The second-order valence-corrected chi connectivity index (χ2v) is 7.88. The van der Waals surface area contributed by atoms with Crippen molar-refractivity contribution >= 4 is 22.9 Å². The lowest BCUT2D eigenvalue weighted by Crippen LogP contribution is -2.53. The number of nitrogens with one attached hydrogen (secondary N) is 1. The summed E-state index contributed by atoms with van der Waals surface area (Å²) < 4.78 is 0.914. The van der Waals surface area contributed by atoms with Gasteiger partial charge in [0.05, 0.1) is 10.4 Å². The molecule has 1 saturated heterocycles. The summed E-state index contributed by atoms with van der Waals surface area (Å²) in [7, 11) is 0. The van der Waals surface area contributed by atoms with Gasteiger partial charge in [-0.05, 0) is 57.5 Å². The van der Waals surface area contributed by atoms with Crippen LogP contribution in [0, 0.1) is 0 Å². The van der Waals surface area contributed by atoms with Gasteiger partial charge in [0.1, 0.15) is 0 Å². The quantitative estimate of drug-likeness (QED) is 0.863. The molecule has 1 aromatic rings. The fourth-order valence-electron chi connectivity index (χ4n) is 4.18. The van der Waals surface area contributed by atoms with Gasteiger partial charge in [0, 0.05) is 10.4 Å². The molecule has 2 aliphatic rings. The maximum atomic E-state index is 6.19. The molecule has 2 fully saturated rings. The minimum absolute atomic E-state index is 0.334. The van der Waals surface area contributed by atoms with Crippen LogP contribution in [0.25, 0.3) is 0 Å². The molecule has 0 amide bonds. The van der Waals surface area contributed by atoms with E-state index in [2.05, 4.69) is 29.3 Å². The van der Waals surface area contributed by atoms with Crippen molar-refractivity contribution in [3.63, 3.8) is 0 Å². The number of hydrogen-bond acceptors (Lipinski definition) is 3. The second-order valence-electron chi connectivity index (χ2n) is 6.14. The van der Waals surface area contributed by atoms with Gasteiger partial charge in [-0.1, -0.05) is 31.4 Å². The Hall–Kier alpha value is -0.0900. The predicted molar refractivity (Wildman–Crippen MR) is 87.8 cm³/mol. The van der Waals surface area contributed by atoms with Crippen LogP contribution in [0.5, 0.6) is 0 Å². The Labute approximate surface area is 131 Å². The topological polar surface area (TPSA) is 15.3 Å². The van der Waals surface area contributed by atoms with E-state index >= 15 is 0 Å². The highest BCUT2D eigenvalue weighted by Crippen LogP contribution is 2.47. The van der Waals surface area contributed by atoms with Crippen LogP contribution in [0.15, 0.2) is 12.1 Å². The van der Waals surface area contributed by atoms with Crippen molar-refractivity contribution in [2.75, 3.05) is 19.6 Å². The summed E-state index contributed by atoms with van der Waals surface area (Å²) in [6, 6.07) is 4.74. The molecule has 2 heterocycles. The van der Waals surface area contributed by atoms with Crippen LogP contribution in [0.4, 0.5) is 0 Å². The first-order chi connectivity index (χ1) is 9.76. The van der Waals surface area contributed by atoms with E-state index in [-0.39, 0.29) is 0 Å². The van der Waals surface area contributed by atoms with Gasteiger partial charge in [-0.3, -0.25) is 4.90 Å². The lowest BCUT2D eigenvalue weighted by atomic mass is 9.85. The summed E-state index contributed by atoms with van der Waals surface area (Å²) in [4.78, 5) is 4.20. The van der Waals surface area contributed by atoms with Gasteiger partial charge in [0.25, 0.3) is 0 Å². The number of likely N-dealkylation sites (tertiary alicyclic amines) is 1. The van der Waals surface area contributed by atoms with Crippen molar-refractivity contribution in [2.24, 2.45) is 0 Å². The summed E-state index contributed by atoms with van der Waals surface area (Å²) in [5.41, 5.74) is 0.334. The summed E-state index contributed by atoms with van der Waals surface area (Å²) in [5.74, 6) is 0. The number of thiophene rings is 1. The highest BCUT2D eigenvalue weighted by atomic mass is 35.5. The maximum Gasteiger partial charge on any atom is 0.0931 e. The zero-order valence-electron chi connectivity index (χ0n) is 12.3.